The van der Waals surface area contributed by atoms with Crippen LogP contribution in [0.1, 0.15) is 30.6 Å². The van der Waals surface area contributed by atoms with Gasteiger partial charge in [-0.25, -0.2) is 4.98 Å². The molecule has 6 heteroatoms. The minimum Gasteiger partial charge on any atom is -0.377 e. The van der Waals surface area contributed by atoms with E-state index in [1.165, 1.54) is 6.20 Å². The molecule has 20 heavy (non-hydrogen) atoms. The van der Waals surface area contributed by atoms with Gasteiger partial charge in [0, 0.05) is 32.4 Å². The number of hydrogen-bond acceptors (Lipinski definition) is 4. The van der Waals surface area contributed by atoms with Crippen LogP contribution in [0.4, 0.5) is 5.82 Å². The maximum absolute atomic E-state index is 12.6. The quantitative estimate of drug-likeness (QED) is 0.931. The molecule has 0 saturated carbocycles. The number of carbonyl (C=O) groups is 1. The van der Waals surface area contributed by atoms with Gasteiger partial charge in [-0.05, 0) is 26.3 Å². The lowest BCUT2D eigenvalue weighted by molar-refractivity contribution is 0.0563. The predicted octanol–water partition coefficient (Wildman–Crippen LogP) is 2.42. The number of rotatable bonds is 3. The van der Waals surface area contributed by atoms with Crippen molar-refractivity contribution in [2.45, 2.75) is 26.4 Å². The minimum absolute atomic E-state index is 0.0512. The van der Waals surface area contributed by atoms with Crippen LogP contribution in [0.25, 0.3) is 0 Å². The summed E-state index contributed by atoms with van der Waals surface area (Å²) in [5.74, 6) is 0.605. The molecule has 0 aliphatic carbocycles. The average Bonchev–Trinajstić information content (AvgIpc) is 2.65. The van der Waals surface area contributed by atoms with E-state index in [1.807, 2.05) is 13.8 Å². The maximum atomic E-state index is 12.6. The van der Waals surface area contributed by atoms with E-state index in [9.17, 15) is 4.79 Å². The summed E-state index contributed by atoms with van der Waals surface area (Å²) in [6.45, 7) is 6.68. The van der Waals surface area contributed by atoms with E-state index in [4.69, 9.17) is 16.3 Å². The van der Waals surface area contributed by atoms with Crippen molar-refractivity contribution in [1.82, 2.24) is 9.88 Å². The number of aromatic nitrogens is 1. The van der Waals surface area contributed by atoms with Gasteiger partial charge < -0.3 is 15.0 Å². The standard InChI is InChI=1S/C14H20ClN3O2/c1-3-16-13-7-11(12(15)8-17-13)14(19)18-5-4-6-20-10(2)9-18/h7-8,10H,3-6,9H2,1-2H3,(H,16,17). The molecule has 1 N–H and O–H groups in total. The molecule has 0 radical (unpaired) electrons. The zero-order valence-corrected chi connectivity index (χ0v) is 12.6. The second-order valence-electron chi connectivity index (χ2n) is 4.87. The van der Waals surface area contributed by atoms with E-state index in [0.717, 1.165) is 13.0 Å². The number of ether oxygens (including phenoxy) is 1. The number of nitrogens with one attached hydrogen (secondary N) is 1. The first kappa shape index (κ1) is 15.1. The van der Waals surface area contributed by atoms with Gasteiger partial charge in [-0.1, -0.05) is 11.6 Å². The molecule has 5 nitrogen and oxygen atoms in total. The summed E-state index contributed by atoms with van der Waals surface area (Å²) in [6, 6.07) is 1.71. The topological polar surface area (TPSA) is 54.5 Å². The number of hydrogen-bond donors (Lipinski definition) is 1. The highest BCUT2D eigenvalue weighted by molar-refractivity contribution is 6.33. The number of nitrogens with zero attached hydrogens (tertiary/aromatic N) is 2. The van der Waals surface area contributed by atoms with Gasteiger partial charge in [0.1, 0.15) is 5.82 Å². The summed E-state index contributed by atoms with van der Waals surface area (Å²) in [5.41, 5.74) is 0.492. The van der Waals surface area contributed by atoms with Gasteiger partial charge >= 0.3 is 0 Å². The van der Waals surface area contributed by atoms with E-state index in [0.29, 0.717) is 36.1 Å². The molecule has 1 aliphatic rings. The van der Waals surface area contributed by atoms with Crippen molar-refractivity contribution in [3.05, 3.63) is 22.8 Å². The normalized spacial score (nSPS) is 19.6. The molecule has 110 valence electrons. The van der Waals surface area contributed by atoms with Gasteiger partial charge in [0.25, 0.3) is 5.91 Å². The van der Waals surface area contributed by atoms with Gasteiger partial charge in [0.2, 0.25) is 0 Å². The Bertz CT molecular complexity index is 481. The fourth-order valence-corrected chi connectivity index (χ4v) is 2.41. The first-order valence-corrected chi connectivity index (χ1v) is 7.30. The van der Waals surface area contributed by atoms with Crippen LogP contribution >= 0.6 is 11.6 Å². The van der Waals surface area contributed by atoms with Gasteiger partial charge in [0.05, 0.1) is 16.7 Å². The van der Waals surface area contributed by atoms with Crippen molar-refractivity contribution in [2.24, 2.45) is 0 Å². The Labute approximate surface area is 124 Å². The monoisotopic (exact) mass is 297 g/mol. The fourth-order valence-electron chi connectivity index (χ4n) is 2.23. The minimum atomic E-state index is -0.0612. The van der Waals surface area contributed by atoms with Crippen molar-refractivity contribution >= 4 is 23.3 Å². The smallest absolute Gasteiger partial charge is 0.255 e. The van der Waals surface area contributed by atoms with E-state index < -0.39 is 0 Å². The van der Waals surface area contributed by atoms with Gasteiger partial charge in [-0.15, -0.1) is 0 Å². The highest BCUT2D eigenvalue weighted by atomic mass is 35.5. The molecule has 0 bridgehead atoms. The Morgan fingerprint density at radius 3 is 3.20 bits per heavy atom. The summed E-state index contributed by atoms with van der Waals surface area (Å²) in [5, 5.41) is 3.47. The Balaban J connectivity index is 2.20. The third kappa shape index (κ3) is 3.61. The van der Waals surface area contributed by atoms with Crippen LogP contribution in [0.3, 0.4) is 0 Å². The molecule has 1 atom stereocenters. The van der Waals surface area contributed by atoms with Crippen molar-refractivity contribution in [3.63, 3.8) is 0 Å². The van der Waals surface area contributed by atoms with Crippen LogP contribution in [0.2, 0.25) is 5.02 Å². The lowest BCUT2D eigenvalue weighted by Gasteiger charge is -2.22. The summed E-state index contributed by atoms with van der Waals surface area (Å²) >= 11 is 6.12. The Kier molecular flexibility index (Phi) is 5.20. The first-order valence-electron chi connectivity index (χ1n) is 6.92. The molecule has 2 rings (SSSR count). The Morgan fingerprint density at radius 2 is 2.45 bits per heavy atom. The summed E-state index contributed by atoms with van der Waals surface area (Å²) in [7, 11) is 0. The van der Waals surface area contributed by atoms with Crippen molar-refractivity contribution in [2.75, 3.05) is 31.6 Å². The van der Waals surface area contributed by atoms with Gasteiger partial charge in [-0.3, -0.25) is 4.79 Å². The molecule has 1 aromatic rings. The fraction of sp³-hybridized carbons (Fsp3) is 0.571. The third-order valence-electron chi connectivity index (χ3n) is 3.18. The van der Waals surface area contributed by atoms with Gasteiger partial charge in [-0.2, -0.15) is 0 Å². The lowest BCUT2D eigenvalue weighted by Crippen LogP contribution is -2.36. The highest BCUT2D eigenvalue weighted by Gasteiger charge is 2.23. The molecule has 0 aromatic carbocycles. The van der Waals surface area contributed by atoms with Crippen LogP contribution < -0.4 is 5.32 Å². The lowest BCUT2D eigenvalue weighted by atomic mass is 10.2. The van der Waals surface area contributed by atoms with Crippen LogP contribution in [-0.2, 0) is 4.74 Å². The van der Waals surface area contributed by atoms with E-state index in [2.05, 4.69) is 10.3 Å². The third-order valence-corrected chi connectivity index (χ3v) is 3.48. The largest absolute Gasteiger partial charge is 0.377 e. The number of carbonyl (C=O) groups excluding carboxylic acids is 1. The molecule has 1 unspecified atom stereocenters. The molecule has 2 heterocycles. The molecular formula is C14H20ClN3O2. The van der Waals surface area contributed by atoms with E-state index in [1.54, 1.807) is 11.0 Å². The summed E-state index contributed by atoms with van der Waals surface area (Å²) in [4.78, 5) is 18.6. The predicted molar refractivity (Wildman–Crippen MR) is 79.3 cm³/mol. The molecule has 0 spiro atoms. The number of anilines is 1. The van der Waals surface area contributed by atoms with Crippen LogP contribution in [0, 0.1) is 0 Å². The van der Waals surface area contributed by atoms with Crippen molar-refractivity contribution in [1.29, 1.82) is 0 Å². The number of pyridine rings is 1. The van der Waals surface area contributed by atoms with Crippen molar-refractivity contribution in [3.8, 4) is 0 Å². The summed E-state index contributed by atoms with van der Waals surface area (Å²) in [6.07, 6.45) is 2.42. The van der Waals surface area contributed by atoms with E-state index >= 15 is 0 Å². The Morgan fingerprint density at radius 1 is 1.65 bits per heavy atom. The highest BCUT2D eigenvalue weighted by Crippen LogP contribution is 2.21. The second kappa shape index (κ2) is 6.90. The first-order chi connectivity index (χ1) is 9.61. The zero-order chi connectivity index (χ0) is 14.5. The van der Waals surface area contributed by atoms with Crippen LogP contribution in [0.5, 0.6) is 0 Å². The number of halogens is 1. The SMILES string of the molecule is CCNc1cc(C(=O)N2CCCOC(C)C2)c(Cl)cn1. The van der Waals surface area contributed by atoms with Crippen LogP contribution in [0.15, 0.2) is 12.3 Å². The Hall–Kier alpha value is -1.33. The molecule has 1 amide bonds. The zero-order valence-electron chi connectivity index (χ0n) is 11.9. The maximum Gasteiger partial charge on any atom is 0.255 e. The molecular weight excluding hydrogens is 278 g/mol. The van der Waals surface area contributed by atoms with Crippen LogP contribution in [-0.4, -0.2) is 48.1 Å². The number of amides is 1. The van der Waals surface area contributed by atoms with Gasteiger partial charge in [0.15, 0.2) is 0 Å². The average molecular weight is 298 g/mol. The molecule has 1 saturated heterocycles. The molecule has 1 fully saturated rings. The summed E-state index contributed by atoms with van der Waals surface area (Å²) < 4.78 is 5.56. The van der Waals surface area contributed by atoms with E-state index in [-0.39, 0.29) is 12.0 Å². The molecule has 1 aromatic heterocycles. The second-order valence-corrected chi connectivity index (χ2v) is 5.27. The molecule has 1 aliphatic heterocycles. The van der Waals surface area contributed by atoms with Crippen molar-refractivity contribution < 1.29 is 9.53 Å².